The fraction of sp³-hybridized carbons (Fsp3) is 0.917. The van der Waals surface area contributed by atoms with Gasteiger partial charge in [-0.15, -0.1) is 0 Å². The van der Waals surface area contributed by atoms with E-state index in [0.29, 0.717) is 12.5 Å². The number of nitrogens with one attached hydrogen (secondary N) is 1. The molecule has 0 aromatic carbocycles. The molecule has 1 heterocycles. The maximum Gasteiger partial charge on any atom is 0.326 e. The van der Waals surface area contributed by atoms with E-state index in [1.54, 1.807) is 0 Å². The van der Waals surface area contributed by atoms with Gasteiger partial charge in [-0.2, -0.15) is 0 Å². The first-order chi connectivity index (χ1) is 7.04. The molecule has 0 aliphatic carbocycles. The van der Waals surface area contributed by atoms with Crippen molar-refractivity contribution in [2.75, 3.05) is 13.2 Å². The minimum Gasteiger partial charge on any atom is -0.464 e. The highest BCUT2D eigenvalue weighted by Gasteiger charge is 2.35. The fourth-order valence-corrected chi connectivity index (χ4v) is 1.78. The van der Waals surface area contributed by atoms with Gasteiger partial charge < -0.3 is 10.1 Å². The van der Waals surface area contributed by atoms with E-state index in [9.17, 15) is 4.79 Å². The summed E-state index contributed by atoms with van der Waals surface area (Å²) in [4.78, 5) is 11.8. The molecule has 1 aliphatic rings. The van der Waals surface area contributed by atoms with Crippen molar-refractivity contribution < 1.29 is 9.53 Å². The predicted molar refractivity (Wildman–Crippen MR) is 60.7 cm³/mol. The number of carbonyl (C=O) groups is 1. The lowest BCUT2D eigenvalue weighted by molar-refractivity contribution is -0.152. The van der Waals surface area contributed by atoms with E-state index in [0.717, 1.165) is 32.2 Å². The Balaban J connectivity index is 2.31. The van der Waals surface area contributed by atoms with Gasteiger partial charge in [0.1, 0.15) is 5.54 Å². The maximum absolute atomic E-state index is 11.8. The van der Waals surface area contributed by atoms with Crippen LogP contribution < -0.4 is 5.32 Å². The van der Waals surface area contributed by atoms with E-state index < -0.39 is 5.54 Å². The summed E-state index contributed by atoms with van der Waals surface area (Å²) < 4.78 is 5.29. The molecule has 1 unspecified atom stereocenters. The first kappa shape index (κ1) is 12.5. The molecule has 0 saturated carbocycles. The molecule has 0 bridgehead atoms. The molecule has 0 aromatic heterocycles. The lowest BCUT2D eigenvalue weighted by Gasteiger charge is -2.32. The van der Waals surface area contributed by atoms with Gasteiger partial charge in [0.2, 0.25) is 0 Å². The van der Waals surface area contributed by atoms with Crippen molar-refractivity contribution in [3.05, 3.63) is 0 Å². The van der Waals surface area contributed by atoms with E-state index in [2.05, 4.69) is 19.2 Å². The SMILES string of the molecule is CC(C)CCOC(=O)C1(C)CCCCN1. The van der Waals surface area contributed by atoms with Gasteiger partial charge in [-0.25, -0.2) is 0 Å². The van der Waals surface area contributed by atoms with Crippen molar-refractivity contribution >= 4 is 5.97 Å². The van der Waals surface area contributed by atoms with Gasteiger partial charge in [0.25, 0.3) is 0 Å². The molecule has 1 N–H and O–H groups in total. The van der Waals surface area contributed by atoms with Gasteiger partial charge in [0, 0.05) is 0 Å². The van der Waals surface area contributed by atoms with Crippen LogP contribution in [-0.4, -0.2) is 24.7 Å². The third kappa shape index (κ3) is 3.82. The van der Waals surface area contributed by atoms with Gasteiger partial charge in [-0.1, -0.05) is 13.8 Å². The van der Waals surface area contributed by atoms with Crippen LogP contribution >= 0.6 is 0 Å². The monoisotopic (exact) mass is 213 g/mol. The third-order valence-electron chi connectivity index (χ3n) is 3.00. The fourth-order valence-electron chi connectivity index (χ4n) is 1.78. The second-order valence-electron chi connectivity index (χ2n) is 5.03. The highest BCUT2D eigenvalue weighted by Crippen LogP contribution is 2.20. The van der Waals surface area contributed by atoms with E-state index in [4.69, 9.17) is 4.74 Å². The Labute approximate surface area is 92.6 Å². The van der Waals surface area contributed by atoms with Crippen molar-refractivity contribution in [1.29, 1.82) is 0 Å². The van der Waals surface area contributed by atoms with Gasteiger partial charge in [-0.3, -0.25) is 4.79 Å². The van der Waals surface area contributed by atoms with Crippen LogP contribution in [0.1, 0.15) is 46.5 Å². The summed E-state index contributed by atoms with van der Waals surface area (Å²) in [6, 6.07) is 0. The summed E-state index contributed by atoms with van der Waals surface area (Å²) in [5, 5.41) is 3.26. The zero-order valence-electron chi connectivity index (χ0n) is 10.1. The van der Waals surface area contributed by atoms with Crippen LogP contribution in [0.4, 0.5) is 0 Å². The molecule has 1 atom stereocenters. The number of hydrogen-bond acceptors (Lipinski definition) is 3. The first-order valence-corrected chi connectivity index (χ1v) is 5.97. The van der Waals surface area contributed by atoms with Gasteiger partial charge in [0.05, 0.1) is 6.61 Å². The van der Waals surface area contributed by atoms with Crippen LogP contribution in [-0.2, 0) is 9.53 Å². The summed E-state index contributed by atoms with van der Waals surface area (Å²) in [6.07, 6.45) is 4.12. The highest BCUT2D eigenvalue weighted by atomic mass is 16.5. The van der Waals surface area contributed by atoms with Crippen LogP contribution in [0, 0.1) is 5.92 Å². The predicted octanol–water partition coefficient (Wildman–Crippen LogP) is 2.11. The lowest BCUT2D eigenvalue weighted by Crippen LogP contribution is -2.53. The minimum atomic E-state index is -0.435. The second kappa shape index (κ2) is 5.50. The summed E-state index contributed by atoms with van der Waals surface area (Å²) in [5.41, 5.74) is -0.435. The molecule has 0 radical (unpaired) electrons. The molecule has 1 saturated heterocycles. The smallest absolute Gasteiger partial charge is 0.326 e. The average Bonchev–Trinajstić information content (AvgIpc) is 2.18. The lowest BCUT2D eigenvalue weighted by atomic mass is 9.91. The second-order valence-corrected chi connectivity index (χ2v) is 5.03. The molecule has 88 valence electrons. The summed E-state index contributed by atoms with van der Waals surface area (Å²) in [6.45, 7) is 7.69. The Morgan fingerprint density at radius 2 is 2.20 bits per heavy atom. The summed E-state index contributed by atoms with van der Waals surface area (Å²) >= 11 is 0. The Morgan fingerprint density at radius 3 is 2.73 bits per heavy atom. The number of hydrogen-bond donors (Lipinski definition) is 1. The Hall–Kier alpha value is -0.570. The number of esters is 1. The molecule has 1 aliphatic heterocycles. The number of piperidine rings is 1. The zero-order chi connectivity index (χ0) is 11.3. The number of rotatable bonds is 4. The van der Waals surface area contributed by atoms with Crippen molar-refractivity contribution in [3.8, 4) is 0 Å². The van der Waals surface area contributed by atoms with Crippen LogP contribution in [0.3, 0.4) is 0 Å². The van der Waals surface area contributed by atoms with E-state index in [1.807, 2.05) is 6.92 Å². The van der Waals surface area contributed by atoms with Crippen LogP contribution in [0.2, 0.25) is 0 Å². The quantitative estimate of drug-likeness (QED) is 0.727. The minimum absolute atomic E-state index is 0.0807. The molecule has 1 fully saturated rings. The topological polar surface area (TPSA) is 38.3 Å². The molecule has 0 spiro atoms. The van der Waals surface area contributed by atoms with Gasteiger partial charge >= 0.3 is 5.97 Å². The summed E-state index contributed by atoms with van der Waals surface area (Å²) in [7, 11) is 0. The zero-order valence-corrected chi connectivity index (χ0v) is 10.1. The normalized spacial score (nSPS) is 26.7. The molecule has 15 heavy (non-hydrogen) atoms. The molecule has 3 heteroatoms. The molecular formula is C12H23NO2. The van der Waals surface area contributed by atoms with Crippen molar-refractivity contribution in [1.82, 2.24) is 5.32 Å². The number of carbonyl (C=O) groups excluding carboxylic acids is 1. The highest BCUT2D eigenvalue weighted by molar-refractivity contribution is 5.80. The Morgan fingerprint density at radius 1 is 1.47 bits per heavy atom. The molecule has 0 aromatic rings. The number of ether oxygens (including phenoxy) is 1. The van der Waals surface area contributed by atoms with Crippen LogP contribution in [0.25, 0.3) is 0 Å². The van der Waals surface area contributed by atoms with Crippen molar-refractivity contribution in [2.45, 2.75) is 52.0 Å². The van der Waals surface area contributed by atoms with E-state index in [-0.39, 0.29) is 5.97 Å². The van der Waals surface area contributed by atoms with E-state index in [1.165, 1.54) is 0 Å². The molecular weight excluding hydrogens is 190 g/mol. The van der Waals surface area contributed by atoms with Gasteiger partial charge in [-0.05, 0) is 45.1 Å². The third-order valence-corrected chi connectivity index (χ3v) is 3.00. The standard InChI is InChI=1S/C12H23NO2/c1-10(2)6-9-15-11(14)12(3)7-4-5-8-13-12/h10,13H,4-9H2,1-3H3. The van der Waals surface area contributed by atoms with E-state index >= 15 is 0 Å². The van der Waals surface area contributed by atoms with Crippen LogP contribution in [0.15, 0.2) is 0 Å². The molecule has 1 rings (SSSR count). The van der Waals surface area contributed by atoms with Crippen LogP contribution in [0.5, 0.6) is 0 Å². The average molecular weight is 213 g/mol. The maximum atomic E-state index is 11.8. The van der Waals surface area contributed by atoms with Gasteiger partial charge in [0.15, 0.2) is 0 Å². The van der Waals surface area contributed by atoms with Crippen molar-refractivity contribution in [3.63, 3.8) is 0 Å². The Bertz CT molecular complexity index is 208. The summed E-state index contributed by atoms with van der Waals surface area (Å²) in [5.74, 6) is 0.507. The first-order valence-electron chi connectivity index (χ1n) is 5.97. The molecule has 3 nitrogen and oxygen atoms in total. The molecule has 0 amide bonds. The largest absolute Gasteiger partial charge is 0.464 e. The Kier molecular flexibility index (Phi) is 4.58. The van der Waals surface area contributed by atoms with Crippen molar-refractivity contribution in [2.24, 2.45) is 5.92 Å².